The van der Waals surface area contributed by atoms with Crippen molar-refractivity contribution in [3.05, 3.63) is 48.0 Å². The standard InChI is InChI=1S/C13H11NO3S/c14-9-2-4-10(5-3-9)18-12-6-1-8(13(16)17)7-11(12)15/h1-7,15H,14H2,(H,16,17). The van der Waals surface area contributed by atoms with Crippen LogP contribution in [-0.4, -0.2) is 16.2 Å². The van der Waals surface area contributed by atoms with Gasteiger partial charge in [0, 0.05) is 10.6 Å². The summed E-state index contributed by atoms with van der Waals surface area (Å²) in [7, 11) is 0. The van der Waals surface area contributed by atoms with Gasteiger partial charge in [-0.1, -0.05) is 11.8 Å². The number of nitrogens with two attached hydrogens (primary N) is 1. The molecule has 2 rings (SSSR count). The maximum Gasteiger partial charge on any atom is 0.335 e. The molecular formula is C13H11NO3S. The molecule has 5 heteroatoms. The number of hydrogen-bond acceptors (Lipinski definition) is 4. The van der Waals surface area contributed by atoms with Crippen LogP contribution in [-0.2, 0) is 0 Å². The van der Waals surface area contributed by atoms with E-state index < -0.39 is 5.97 Å². The van der Waals surface area contributed by atoms with E-state index in [0.29, 0.717) is 10.6 Å². The van der Waals surface area contributed by atoms with Gasteiger partial charge in [0.1, 0.15) is 5.75 Å². The van der Waals surface area contributed by atoms with Gasteiger partial charge in [-0.05, 0) is 42.5 Å². The van der Waals surface area contributed by atoms with E-state index in [4.69, 9.17) is 10.8 Å². The zero-order valence-corrected chi connectivity index (χ0v) is 10.1. The summed E-state index contributed by atoms with van der Waals surface area (Å²) in [5, 5.41) is 18.5. The number of nitrogen functional groups attached to an aromatic ring is 1. The second kappa shape index (κ2) is 5.01. The van der Waals surface area contributed by atoms with Gasteiger partial charge in [-0.15, -0.1) is 0 Å². The van der Waals surface area contributed by atoms with Gasteiger partial charge >= 0.3 is 5.97 Å². The monoisotopic (exact) mass is 261 g/mol. The van der Waals surface area contributed by atoms with Crippen LogP contribution in [0.1, 0.15) is 10.4 Å². The van der Waals surface area contributed by atoms with Crippen LogP contribution in [0.15, 0.2) is 52.3 Å². The van der Waals surface area contributed by atoms with Crippen molar-refractivity contribution in [2.45, 2.75) is 9.79 Å². The van der Waals surface area contributed by atoms with E-state index in [1.807, 2.05) is 12.1 Å². The Bertz CT molecular complexity index is 581. The van der Waals surface area contributed by atoms with E-state index in [1.54, 1.807) is 18.2 Å². The number of aromatic hydroxyl groups is 1. The number of benzene rings is 2. The van der Waals surface area contributed by atoms with Gasteiger partial charge < -0.3 is 15.9 Å². The molecule has 4 N–H and O–H groups in total. The Morgan fingerprint density at radius 2 is 1.78 bits per heavy atom. The first kappa shape index (κ1) is 12.3. The van der Waals surface area contributed by atoms with Crippen molar-refractivity contribution >= 4 is 23.4 Å². The highest BCUT2D eigenvalue weighted by Crippen LogP contribution is 2.35. The minimum Gasteiger partial charge on any atom is -0.507 e. The molecular weight excluding hydrogens is 250 g/mol. The van der Waals surface area contributed by atoms with Crippen LogP contribution < -0.4 is 5.73 Å². The minimum absolute atomic E-state index is 0.0447. The van der Waals surface area contributed by atoms with Crippen molar-refractivity contribution in [3.63, 3.8) is 0 Å². The SMILES string of the molecule is Nc1ccc(Sc2ccc(C(=O)O)cc2O)cc1. The Labute approximate surface area is 108 Å². The molecule has 0 saturated heterocycles. The van der Waals surface area contributed by atoms with Gasteiger partial charge in [-0.25, -0.2) is 4.79 Å². The number of hydrogen-bond donors (Lipinski definition) is 3. The first-order valence-electron chi connectivity index (χ1n) is 5.16. The number of aromatic carboxylic acids is 1. The third-order valence-corrected chi connectivity index (χ3v) is 3.39. The lowest BCUT2D eigenvalue weighted by Gasteiger charge is -2.05. The molecule has 0 unspecified atom stereocenters. The smallest absolute Gasteiger partial charge is 0.335 e. The first-order chi connectivity index (χ1) is 8.56. The zero-order chi connectivity index (χ0) is 13.1. The highest BCUT2D eigenvalue weighted by molar-refractivity contribution is 7.99. The second-order valence-corrected chi connectivity index (χ2v) is 4.77. The summed E-state index contributed by atoms with van der Waals surface area (Å²) in [5.41, 5.74) is 6.31. The maximum absolute atomic E-state index is 10.7. The summed E-state index contributed by atoms with van der Waals surface area (Å²) >= 11 is 1.34. The van der Waals surface area contributed by atoms with E-state index in [-0.39, 0.29) is 11.3 Å². The van der Waals surface area contributed by atoms with Crippen LogP contribution in [0, 0.1) is 0 Å². The molecule has 0 amide bonds. The average molecular weight is 261 g/mol. The number of carboxylic acids is 1. The summed E-state index contributed by atoms with van der Waals surface area (Å²) in [5.74, 6) is -1.11. The van der Waals surface area contributed by atoms with Crippen LogP contribution in [0.2, 0.25) is 0 Å². The predicted molar refractivity (Wildman–Crippen MR) is 70.0 cm³/mol. The van der Waals surface area contributed by atoms with E-state index in [2.05, 4.69) is 0 Å². The summed E-state index contributed by atoms with van der Waals surface area (Å²) in [6.45, 7) is 0. The molecule has 0 aliphatic heterocycles. The normalized spacial score (nSPS) is 10.2. The molecule has 0 atom stereocenters. The molecule has 4 nitrogen and oxygen atoms in total. The van der Waals surface area contributed by atoms with Gasteiger partial charge in [0.2, 0.25) is 0 Å². The zero-order valence-electron chi connectivity index (χ0n) is 9.33. The molecule has 0 radical (unpaired) electrons. The van der Waals surface area contributed by atoms with E-state index >= 15 is 0 Å². The topological polar surface area (TPSA) is 83.6 Å². The summed E-state index contributed by atoms with van der Waals surface area (Å²) < 4.78 is 0. The number of phenols is 1. The first-order valence-corrected chi connectivity index (χ1v) is 5.97. The van der Waals surface area contributed by atoms with Crippen molar-refractivity contribution in [1.82, 2.24) is 0 Å². The number of rotatable bonds is 3. The van der Waals surface area contributed by atoms with E-state index in [0.717, 1.165) is 4.90 Å². The van der Waals surface area contributed by atoms with E-state index in [9.17, 15) is 9.90 Å². The van der Waals surface area contributed by atoms with E-state index in [1.165, 1.54) is 23.9 Å². The summed E-state index contributed by atoms with van der Waals surface area (Å²) in [6.07, 6.45) is 0. The van der Waals surface area contributed by atoms with Crippen LogP contribution in [0.3, 0.4) is 0 Å². The number of phenolic OH excluding ortho intramolecular Hbond substituents is 1. The maximum atomic E-state index is 10.7. The average Bonchev–Trinajstić information content (AvgIpc) is 2.34. The summed E-state index contributed by atoms with van der Waals surface area (Å²) in [4.78, 5) is 12.2. The van der Waals surface area contributed by atoms with Crippen LogP contribution in [0.4, 0.5) is 5.69 Å². The molecule has 2 aromatic carbocycles. The fraction of sp³-hybridized carbons (Fsp3) is 0. The van der Waals surface area contributed by atoms with Gasteiger partial charge in [-0.2, -0.15) is 0 Å². The summed E-state index contributed by atoms with van der Waals surface area (Å²) in [6, 6.07) is 11.5. The molecule has 0 bridgehead atoms. The Kier molecular flexibility index (Phi) is 3.43. The molecule has 92 valence electrons. The number of carbonyl (C=O) groups is 1. The fourth-order valence-electron chi connectivity index (χ4n) is 1.40. The van der Waals surface area contributed by atoms with Crippen molar-refractivity contribution < 1.29 is 15.0 Å². The molecule has 0 aliphatic rings. The Balaban J connectivity index is 2.24. The molecule has 0 aromatic heterocycles. The molecule has 18 heavy (non-hydrogen) atoms. The third kappa shape index (κ3) is 2.75. The number of carboxylic acid groups (broad SMARTS) is 1. The van der Waals surface area contributed by atoms with Crippen molar-refractivity contribution in [3.8, 4) is 5.75 Å². The molecule has 0 saturated carbocycles. The lowest BCUT2D eigenvalue weighted by atomic mass is 10.2. The highest BCUT2D eigenvalue weighted by Gasteiger charge is 2.08. The van der Waals surface area contributed by atoms with Crippen molar-refractivity contribution in [2.75, 3.05) is 5.73 Å². The van der Waals surface area contributed by atoms with Crippen LogP contribution in [0.25, 0.3) is 0 Å². The van der Waals surface area contributed by atoms with Crippen molar-refractivity contribution in [1.29, 1.82) is 0 Å². The minimum atomic E-state index is -1.06. The third-order valence-electron chi connectivity index (χ3n) is 2.31. The van der Waals surface area contributed by atoms with Crippen molar-refractivity contribution in [2.24, 2.45) is 0 Å². The highest BCUT2D eigenvalue weighted by atomic mass is 32.2. The fourth-order valence-corrected chi connectivity index (χ4v) is 2.23. The lowest BCUT2D eigenvalue weighted by molar-refractivity contribution is 0.0696. The van der Waals surface area contributed by atoms with Crippen LogP contribution >= 0.6 is 11.8 Å². The quantitative estimate of drug-likeness (QED) is 0.740. The lowest BCUT2D eigenvalue weighted by Crippen LogP contribution is -1.95. The Hall–Kier alpha value is -2.14. The van der Waals surface area contributed by atoms with Gasteiger partial charge in [-0.3, -0.25) is 0 Å². The molecule has 2 aromatic rings. The number of anilines is 1. The largest absolute Gasteiger partial charge is 0.507 e. The Morgan fingerprint density at radius 3 is 2.33 bits per heavy atom. The molecule has 0 spiro atoms. The Morgan fingerprint density at radius 1 is 1.11 bits per heavy atom. The van der Waals surface area contributed by atoms with Gasteiger partial charge in [0.05, 0.1) is 10.5 Å². The molecule has 0 fully saturated rings. The van der Waals surface area contributed by atoms with Gasteiger partial charge in [0.25, 0.3) is 0 Å². The second-order valence-electron chi connectivity index (χ2n) is 3.66. The van der Waals surface area contributed by atoms with Gasteiger partial charge in [0.15, 0.2) is 0 Å². The van der Waals surface area contributed by atoms with Crippen LogP contribution in [0.5, 0.6) is 5.75 Å². The molecule has 0 aliphatic carbocycles. The predicted octanol–water partition coefficient (Wildman–Crippen LogP) is 2.82. The molecule has 0 heterocycles.